The van der Waals surface area contributed by atoms with E-state index in [4.69, 9.17) is 9.84 Å². The van der Waals surface area contributed by atoms with Crippen LogP contribution in [-0.2, 0) is 11.3 Å². The molecule has 1 aromatic carbocycles. The summed E-state index contributed by atoms with van der Waals surface area (Å²) in [5.74, 6) is 1.04. The Labute approximate surface area is 108 Å². The minimum Gasteiger partial charge on any atom is -0.496 e. The third kappa shape index (κ3) is 4.04. The van der Waals surface area contributed by atoms with Crippen molar-refractivity contribution in [1.29, 1.82) is 0 Å². The second-order valence-corrected chi connectivity index (χ2v) is 4.48. The summed E-state index contributed by atoms with van der Waals surface area (Å²) in [6.07, 6.45) is 0.131. The molecule has 0 spiro atoms. The maximum absolute atomic E-state index is 11.3. The molecule has 0 saturated heterocycles. The lowest BCUT2D eigenvalue weighted by molar-refractivity contribution is -0.121. The molecule has 0 aromatic heterocycles. The monoisotopic (exact) mass is 251 g/mol. The fourth-order valence-electron chi connectivity index (χ4n) is 1.68. The largest absolute Gasteiger partial charge is 0.496 e. The minimum atomic E-state index is -0.158. The molecule has 1 amide bonds. The van der Waals surface area contributed by atoms with Crippen LogP contribution in [0.1, 0.15) is 37.3 Å². The molecule has 4 nitrogen and oxygen atoms in total. The summed E-state index contributed by atoms with van der Waals surface area (Å²) < 4.78 is 5.27. The lowest BCUT2D eigenvalue weighted by Crippen LogP contribution is -2.23. The summed E-state index contributed by atoms with van der Waals surface area (Å²) in [5, 5.41) is 11.4. The molecule has 1 aromatic rings. The van der Waals surface area contributed by atoms with E-state index in [-0.39, 0.29) is 18.9 Å². The van der Waals surface area contributed by atoms with Crippen LogP contribution in [0.2, 0.25) is 0 Å². The summed E-state index contributed by atoms with van der Waals surface area (Å²) in [4.78, 5) is 11.3. The number of nitrogens with one attached hydrogen (secondary N) is 1. The van der Waals surface area contributed by atoms with Gasteiger partial charge in [0, 0.05) is 18.5 Å². The highest BCUT2D eigenvalue weighted by Gasteiger charge is 2.08. The number of carbonyl (C=O) groups is 1. The van der Waals surface area contributed by atoms with Crippen molar-refractivity contribution in [2.24, 2.45) is 0 Å². The Kier molecular flexibility index (Phi) is 5.65. The Bertz CT molecular complexity index is 402. The molecule has 2 N–H and O–H groups in total. The van der Waals surface area contributed by atoms with Gasteiger partial charge in [0.1, 0.15) is 5.75 Å². The van der Waals surface area contributed by atoms with E-state index in [9.17, 15) is 4.79 Å². The van der Waals surface area contributed by atoms with Crippen molar-refractivity contribution in [3.63, 3.8) is 0 Å². The van der Waals surface area contributed by atoms with Gasteiger partial charge in [0.2, 0.25) is 5.91 Å². The second-order valence-electron chi connectivity index (χ2n) is 4.48. The van der Waals surface area contributed by atoms with Crippen LogP contribution < -0.4 is 10.1 Å². The smallest absolute Gasteiger partial charge is 0.222 e. The predicted molar refractivity (Wildman–Crippen MR) is 70.6 cm³/mol. The Morgan fingerprint density at radius 3 is 2.72 bits per heavy atom. The van der Waals surface area contributed by atoms with Crippen LogP contribution in [0.15, 0.2) is 18.2 Å². The van der Waals surface area contributed by atoms with Crippen molar-refractivity contribution in [1.82, 2.24) is 5.32 Å². The number of ether oxygens (including phenoxy) is 1. The quantitative estimate of drug-likeness (QED) is 0.810. The fourth-order valence-corrected chi connectivity index (χ4v) is 1.68. The first-order chi connectivity index (χ1) is 8.58. The van der Waals surface area contributed by atoms with Crippen LogP contribution in [-0.4, -0.2) is 24.7 Å². The number of benzene rings is 1. The molecule has 0 saturated carbocycles. The Morgan fingerprint density at radius 1 is 1.44 bits per heavy atom. The maximum atomic E-state index is 11.3. The third-order valence-corrected chi connectivity index (χ3v) is 2.79. The average Bonchev–Trinajstić information content (AvgIpc) is 2.36. The van der Waals surface area contributed by atoms with E-state index in [0.717, 1.165) is 11.3 Å². The topological polar surface area (TPSA) is 58.6 Å². The van der Waals surface area contributed by atoms with Crippen molar-refractivity contribution in [2.75, 3.05) is 13.7 Å². The summed E-state index contributed by atoms with van der Waals surface area (Å²) in [6.45, 7) is 4.53. The molecule has 100 valence electrons. The number of aliphatic hydroxyl groups excluding tert-OH is 1. The normalized spacial score (nSPS) is 10.5. The number of hydrogen-bond acceptors (Lipinski definition) is 3. The van der Waals surface area contributed by atoms with E-state index in [1.54, 1.807) is 7.11 Å². The van der Waals surface area contributed by atoms with E-state index in [2.05, 4.69) is 19.2 Å². The van der Waals surface area contributed by atoms with Crippen molar-refractivity contribution < 1.29 is 14.6 Å². The van der Waals surface area contributed by atoms with E-state index < -0.39 is 0 Å². The zero-order chi connectivity index (χ0) is 13.5. The van der Waals surface area contributed by atoms with E-state index in [0.29, 0.717) is 12.5 Å². The number of carbonyl (C=O) groups excluding carboxylic acids is 1. The molecule has 1 rings (SSSR count). The zero-order valence-electron chi connectivity index (χ0n) is 11.2. The molecule has 0 aliphatic rings. The van der Waals surface area contributed by atoms with Crippen molar-refractivity contribution in [3.8, 4) is 5.75 Å². The zero-order valence-corrected chi connectivity index (χ0v) is 11.2. The SMILES string of the molecule is COc1ccc(C(C)C)cc1CNC(=O)CCO. The van der Waals surface area contributed by atoms with Gasteiger partial charge in [0.05, 0.1) is 13.7 Å². The molecule has 0 atom stereocenters. The van der Waals surface area contributed by atoms with Gasteiger partial charge in [0.15, 0.2) is 0 Å². The summed E-state index contributed by atoms with van der Waals surface area (Å²) >= 11 is 0. The van der Waals surface area contributed by atoms with Crippen molar-refractivity contribution >= 4 is 5.91 Å². The first-order valence-corrected chi connectivity index (χ1v) is 6.12. The molecule has 0 aliphatic heterocycles. The highest BCUT2D eigenvalue weighted by atomic mass is 16.5. The van der Waals surface area contributed by atoms with Gasteiger partial charge in [-0.25, -0.2) is 0 Å². The van der Waals surface area contributed by atoms with Gasteiger partial charge in [-0.2, -0.15) is 0 Å². The number of amides is 1. The molecule has 0 bridgehead atoms. The highest BCUT2D eigenvalue weighted by molar-refractivity contribution is 5.76. The van der Waals surface area contributed by atoms with Gasteiger partial charge >= 0.3 is 0 Å². The Morgan fingerprint density at radius 2 is 2.17 bits per heavy atom. The minimum absolute atomic E-state index is 0.130. The molecule has 4 heteroatoms. The molecule has 0 radical (unpaired) electrons. The first-order valence-electron chi connectivity index (χ1n) is 6.12. The molecular formula is C14H21NO3. The molecular weight excluding hydrogens is 230 g/mol. The van der Waals surface area contributed by atoms with Gasteiger partial charge in [-0.1, -0.05) is 26.0 Å². The van der Waals surface area contributed by atoms with Crippen molar-refractivity contribution in [3.05, 3.63) is 29.3 Å². The molecule has 0 unspecified atom stereocenters. The summed E-state index contributed by atoms with van der Waals surface area (Å²) in [6, 6.07) is 5.99. The standard InChI is InChI=1S/C14H21NO3/c1-10(2)11-4-5-13(18-3)12(8-11)9-15-14(17)6-7-16/h4-5,8,10,16H,6-7,9H2,1-3H3,(H,15,17). The number of methoxy groups -OCH3 is 1. The van der Waals surface area contributed by atoms with Crippen LogP contribution in [0.4, 0.5) is 0 Å². The molecule has 0 fully saturated rings. The Balaban J connectivity index is 2.78. The van der Waals surface area contributed by atoms with Crippen LogP contribution in [0.3, 0.4) is 0 Å². The number of rotatable bonds is 6. The van der Waals surface area contributed by atoms with Crippen LogP contribution in [0, 0.1) is 0 Å². The van der Waals surface area contributed by atoms with Crippen LogP contribution in [0.25, 0.3) is 0 Å². The summed E-state index contributed by atoms with van der Waals surface area (Å²) in [7, 11) is 1.61. The third-order valence-electron chi connectivity index (χ3n) is 2.79. The number of aliphatic hydroxyl groups is 1. The predicted octanol–water partition coefficient (Wildman–Crippen LogP) is 1.82. The van der Waals surface area contributed by atoms with Crippen LogP contribution >= 0.6 is 0 Å². The molecule has 0 aliphatic carbocycles. The van der Waals surface area contributed by atoms with E-state index in [1.807, 2.05) is 18.2 Å². The van der Waals surface area contributed by atoms with Gasteiger partial charge in [-0.05, 0) is 17.5 Å². The highest BCUT2D eigenvalue weighted by Crippen LogP contribution is 2.23. The van der Waals surface area contributed by atoms with Gasteiger partial charge < -0.3 is 15.2 Å². The molecule has 18 heavy (non-hydrogen) atoms. The second kappa shape index (κ2) is 7.01. The fraction of sp³-hybridized carbons (Fsp3) is 0.500. The average molecular weight is 251 g/mol. The van der Waals surface area contributed by atoms with Crippen LogP contribution in [0.5, 0.6) is 5.75 Å². The van der Waals surface area contributed by atoms with Gasteiger partial charge in [-0.3, -0.25) is 4.79 Å². The first kappa shape index (κ1) is 14.5. The lowest BCUT2D eigenvalue weighted by Gasteiger charge is -2.13. The number of hydrogen-bond donors (Lipinski definition) is 2. The van der Waals surface area contributed by atoms with Gasteiger partial charge in [0.25, 0.3) is 0 Å². The van der Waals surface area contributed by atoms with E-state index >= 15 is 0 Å². The maximum Gasteiger partial charge on any atom is 0.222 e. The van der Waals surface area contributed by atoms with E-state index in [1.165, 1.54) is 5.56 Å². The lowest BCUT2D eigenvalue weighted by atomic mass is 10.00. The summed E-state index contributed by atoms with van der Waals surface area (Å²) in [5.41, 5.74) is 2.16. The molecule has 0 heterocycles. The van der Waals surface area contributed by atoms with Crippen molar-refractivity contribution in [2.45, 2.75) is 32.7 Å². The van der Waals surface area contributed by atoms with Gasteiger partial charge in [-0.15, -0.1) is 0 Å². The Hall–Kier alpha value is -1.55.